The first-order chi connectivity index (χ1) is 12.6. The van der Waals surface area contributed by atoms with Crippen molar-refractivity contribution in [1.82, 2.24) is 15.5 Å². The fourth-order valence-electron chi connectivity index (χ4n) is 2.72. The zero-order chi connectivity index (χ0) is 20.3. The summed E-state index contributed by atoms with van der Waals surface area (Å²) >= 11 is 0. The standard InChI is InChI=1S/C16H21N5O6/c1-7(16(26)27)19-13(23)10(6-12(18)22)20-14(24)11-5-3-8-2-4-9(17)15(25)21(8)11/h2-3,5,7,9-11H,4,6,17H2,1H3,(H2,18,22)(H,19,23)(H,20,24)(H,26,27)/t7-,9-,10-,11+/m0/s1. The highest BCUT2D eigenvalue weighted by atomic mass is 16.4. The molecule has 11 nitrogen and oxygen atoms in total. The number of allylic oxidation sites excluding steroid dienone is 1. The number of nitrogens with two attached hydrogens (primary N) is 2. The molecular weight excluding hydrogens is 358 g/mol. The molecule has 27 heavy (non-hydrogen) atoms. The van der Waals surface area contributed by atoms with Gasteiger partial charge >= 0.3 is 5.97 Å². The van der Waals surface area contributed by atoms with E-state index >= 15 is 0 Å². The van der Waals surface area contributed by atoms with Gasteiger partial charge in [0.15, 0.2) is 0 Å². The van der Waals surface area contributed by atoms with E-state index in [4.69, 9.17) is 16.6 Å². The van der Waals surface area contributed by atoms with E-state index in [1.807, 2.05) is 0 Å². The maximum absolute atomic E-state index is 12.6. The normalized spacial score (nSPS) is 23.1. The van der Waals surface area contributed by atoms with Crippen molar-refractivity contribution < 1.29 is 29.1 Å². The molecule has 0 aromatic rings. The first kappa shape index (κ1) is 20.1. The van der Waals surface area contributed by atoms with Gasteiger partial charge in [-0.3, -0.25) is 28.9 Å². The Bertz CT molecular complexity index is 746. The summed E-state index contributed by atoms with van der Waals surface area (Å²) < 4.78 is 0. The van der Waals surface area contributed by atoms with Crippen molar-refractivity contribution >= 4 is 29.6 Å². The smallest absolute Gasteiger partial charge is 0.325 e. The first-order valence-corrected chi connectivity index (χ1v) is 8.20. The Hall–Kier alpha value is -3.21. The molecule has 2 aliphatic heterocycles. The predicted molar refractivity (Wildman–Crippen MR) is 91.4 cm³/mol. The summed E-state index contributed by atoms with van der Waals surface area (Å²) in [7, 11) is 0. The molecule has 0 aromatic heterocycles. The third-order valence-electron chi connectivity index (χ3n) is 4.18. The number of aliphatic carboxylic acids is 1. The van der Waals surface area contributed by atoms with Gasteiger partial charge in [-0.05, 0) is 19.4 Å². The van der Waals surface area contributed by atoms with Crippen molar-refractivity contribution in [3.63, 3.8) is 0 Å². The van der Waals surface area contributed by atoms with Crippen LogP contribution in [0, 0.1) is 0 Å². The molecule has 146 valence electrons. The number of hydrogen-bond donors (Lipinski definition) is 5. The number of carbonyl (C=O) groups is 5. The van der Waals surface area contributed by atoms with Crippen LogP contribution >= 0.6 is 0 Å². The van der Waals surface area contributed by atoms with Gasteiger partial charge in [-0.15, -0.1) is 0 Å². The molecule has 0 spiro atoms. The summed E-state index contributed by atoms with van der Waals surface area (Å²) in [5, 5.41) is 13.4. The lowest BCUT2D eigenvalue weighted by Crippen LogP contribution is -2.57. The van der Waals surface area contributed by atoms with Gasteiger partial charge in [0.05, 0.1) is 12.5 Å². The summed E-state index contributed by atoms with van der Waals surface area (Å²) in [6.07, 6.45) is 4.59. The minimum atomic E-state index is -1.38. The second kappa shape index (κ2) is 7.99. The van der Waals surface area contributed by atoms with E-state index in [1.54, 1.807) is 12.2 Å². The van der Waals surface area contributed by atoms with Crippen molar-refractivity contribution in [2.75, 3.05) is 0 Å². The van der Waals surface area contributed by atoms with Crippen LogP contribution in [0.5, 0.6) is 0 Å². The van der Waals surface area contributed by atoms with Gasteiger partial charge in [0.1, 0.15) is 18.1 Å². The highest BCUT2D eigenvalue weighted by Crippen LogP contribution is 2.26. The molecule has 0 unspecified atom stereocenters. The molecule has 0 aliphatic carbocycles. The van der Waals surface area contributed by atoms with Crippen molar-refractivity contribution in [3.05, 3.63) is 23.9 Å². The fourth-order valence-corrected chi connectivity index (χ4v) is 2.72. The lowest BCUT2D eigenvalue weighted by atomic mass is 10.1. The summed E-state index contributed by atoms with van der Waals surface area (Å²) in [4.78, 5) is 60.4. The zero-order valence-electron chi connectivity index (χ0n) is 14.5. The SMILES string of the molecule is C[C@H](NC(=O)[C@H](CC(N)=O)NC(=O)[C@H]1C=CC2=CC[C@H](N)C(=O)N21)C(=O)O. The van der Waals surface area contributed by atoms with Crippen LogP contribution in [0.2, 0.25) is 0 Å². The maximum atomic E-state index is 12.6. The molecule has 4 amide bonds. The Balaban J connectivity index is 2.12. The molecule has 0 fully saturated rings. The average Bonchev–Trinajstić information content (AvgIpc) is 3.01. The fraction of sp³-hybridized carbons (Fsp3) is 0.438. The molecule has 2 heterocycles. The predicted octanol–water partition coefficient (Wildman–Crippen LogP) is -2.68. The molecule has 7 N–H and O–H groups in total. The Kier molecular flexibility index (Phi) is 5.95. The van der Waals surface area contributed by atoms with Crippen LogP contribution in [-0.4, -0.2) is 63.8 Å². The van der Waals surface area contributed by atoms with Crippen LogP contribution in [-0.2, 0) is 24.0 Å². The molecular formula is C16H21N5O6. The number of carboxylic acid groups (broad SMARTS) is 1. The number of rotatable bonds is 7. The van der Waals surface area contributed by atoms with Crippen molar-refractivity contribution in [3.8, 4) is 0 Å². The van der Waals surface area contributed by atoms with Gasteiger partial charge in [-0.1, -0.05) is 12.2 Å². The average molecular weight is 379 g/mol. The highest BCUT2D eigenvalue weighted by Gasteiger charge is 2.39. The molecule has 11 heteroatoms. The second-order valence-electron chi connectivity index (χ2n) is 6.28. The van der Waals surface area contributed by atoms with E-state index in [0.29, 0.717) is 12.1 Å². The Morgan fingerprint density at radius 2 is 2.00 bits per heavy atom. The van der Waals surface area contributed by atoms with E-state index < -0.39 is 60.2 Å². The molecule has 0 saturated heterocycles. The minimum Gasteiger partial charge on any atom is -0.480 e. The topological polar surface area (TPSA) is 185 Å². The maximum Gasteiger partial charge on any atom is 0.325 e. The number of amides is 4. The lowest BCUT2D eigenvalue weighted by Gasteiger charge is -2.31. The Labute approximate surface area is 154 Å². The van der Waals surface area contributed by atoms with Gasteiger partial charge < -0.3 is 27.2 Å². The van der Waals surface area contributed by atoms with E-state index in [2.05, 4.69) is 10.6 Å². The van der Waals surface area contributed by atoms with Crippen molar-refractivity contribution in [2.45, 2.75) is 43.9 Å². The van der Waals surface area contributed by atoms with Crippen LogP contribution < -0.4 is 22.1 Å². The summed E-state index contributed by atoms with van der Waals surface area (Å²) in [6.45, 7) is 1.23. The first-order valence-electron chi connectivity index (χ1n) is 8.20. The van der Waals surface area contributed by atoms with Crippen LogP contribution in [0.3, 0.4) is 0 Å². The molecule has 2 rings (SSSR count). The Morgan fingerprint density at radius 1 is 1.33 bits per heavy atom. The molecule has 0 saturated carbocycles. The lowest BCUT2D eigenvalue weighted by molar-refractivity contribution is -0.142. The Morgan fingerprint density at radius 3 is 2.59 bits per heavy atom. The summed E-state index contributed by atoms with van der Waals surface area (Å²) in [6, 6.07) is -4.42. The van der Waals surface area contributed by atoms with Gasteiger partial charge in [-0.2, -0.15) is 0 Å². The number of hydrogen-bond acceptors (Lipinski definition) is 6. The van der Waals surface area contributed by atoms with Crippen molar-refractivity contribution in [1.29, 1.82) is 0 Å². The highest BCUT2D eigenvalue weighted by molar-refractivity contribution is 5.98. The summed E-state index contributed by atoms with van der Waals surface area (Å²) in [5.74, 6) is -4.18. The number of nitrogens with zero attached hydrogens (tertiary/aromatic N) is 1. The molecule has 0 radical (unpaired) electrons. The zero-order valence-corrected chi connectivity index (χ0v) is 14.5. The van der Waals surface area contributed by atoms with E-state index in [-0.39, 0.29) is 0 Å². The summed E-state index contributed by atoms with van der Waals surface area (Å²) in [5.41, 5.74) is 11.4. The van der Waals surface area contributed by atoms with Crippen molar-refractivity contribution in [2.24, 2.45) is 11.5 Å². The molecule has 0 aromatic carbocycles. The number of carbonyl (C=O) groups excluding carboxylic acids is 4. The number of fused-ring (bicyclic) bond motifs is 1. The van der Waals surface area contributed by atoms with Crippen LogP contribution in [0.15, 0.2) is 23.9 Å². The largest absolute Gasteiger partial charge is 0.480 e. The van der Waals surface area contributed by atoms with E-state index in [0.717, 1.165) is 0 Å². The third-order valence-corrected chi connectivity index (χ3v) is 4.18. The number of nitrogens with one attached hydrogen (secondary N) is 2. The second-order valence-corrected chi connectivity index (χ2v) is 6.28. The van der Waals surface area contributed by atoms with Crippen LogP contribution in [0.4, 0.5) is 0 Å². The van der Waals surface area contributed by atoms with E-state index in [9.17, 15) is 24.0 Å². The monoisotopic (exact) mass is 379 g/mol. The van der Waals surface area contributed by atoms with Gasteiger partial charge in [-0.25, -0.2) is 0 Å². The molecule has 4 atom stereocenters. The molecule has 2 aliphatic rings. The van der Waals surface area contributed by atoms with Gasteiger partial charge in [0.2, 0.25) is 23.6 Å². The van der Waals surface area contributed by atoms with E-state index in [1.165, 1.54) is 17.9 Å². The number of primary amides is 1. The van der Waals surface area contributed by atoms with Crippen LogP contribution in [0.25, 0.3) is 0 Å². The minimum absolute atomic E-state index is 0.350. The van der Waals surface area contributed by atoms with Gasteiger partial charge in [0.25, 0.3) is 0 Å². The van der Waals surface area contributed by atoms with Crippen LogP contribution in [0.1, 0.15) is 19.8 Å². The molecule has 0 bridgehead atoms. The quantitative estimate of drug-likeness (QED) is 0.319. The van der Waals surface area contributed by atoms with Gasteiger partial charge in [0, 0.05) is 5.70 Å². The third kappa shape index (κ3) is 4.50. The number of carboxylic acids is 1.